The van der Waals surface area contributed by atoms with Crippen molar-refractivity contribution in [2.24, 2.45) is 0 Å². The highest BCUT2D eigenvalue weighted by atomic mass is 16.4. The topological polar surface area (TPSA) is 69.6 Å². The molecule has 0 radical (unpaired) electrons. The van der Waals surface area contributed by atoms with Crippen LogP contribution in [0.4, 0.5) is 4.79 Å². The summed E-state index contributed by atoms with van der Waals surface area (Å²) in [4.78, 5) is 24.7. The lowest BCUT2D eigenvalue weighted by Crippen LogP contribution is -2.48. The molecule has 0 aromatic rings. The van der Waals surface area contributed by atoms with Crippen LogP contribution in [-0.4, -0.2) is 40.6 Å². The van der Waals surface area contributed by atoms with Crippen LogP contribution >= 0.6 is 0 Å². The van der Waals surface area contributed by atoms with Crippen LogP contribution in [0.25, 0.3) is 0 Å². The first-order valence-corrected chi connectivity index (χ1v) is 8.21. The van der Waals surface area contributed by atoms with Gasteiger partial charge in [0, 0.05) is 25.0 Å². The number of hydrogen-bond acceptors (Lipinski definition) is 2. The largest absolute Gasteiger partial charge is 0.481 e. The predicted octanol–water partition coefficient (Wildman–Crippen LogP) is 3.63. The maximum Gasteiger partial charge on any atom is 0.317 e. The van der Waals surface area contributed by atoms with Crippen molar-refractivity contribution < 1.29 is 14.7 Å². The molecule has 0 rings (SSSR count). The molecule has 0 aliphatic heterocycles. The highest BCUT2D eigenvalue weighted by molar-refractivity contribution is 5.75. The molecule has 124 valence electrons. The molecule has 2 amide bonds. The maximum absolute atomic E-state index is 12.4. The van der Waals surface area contributed by atoms with Gasteiger partial charge in [-0.25, -0.2) is 4.79 Å². The van der Waals surface area contributed by atoms with E-state index in [1.54, 1.807) is 4.90 Å². The van der Waals surface area contributed by atoms with E-state index in [2.05, 4.69) is 19.2 Å². The molecule has 0 saturated heterocycles. The Morgan fingerprint density at radius 3 is 2.24 bits per heavy atom. The van der Waals surface area contributed by atoms with Crippen LogP contribution < -0.4 is 5.32 Å². The summed E-state index contributed by atoms with van der Waals surface area (Å²) in [5, 5.41) is 11.8. The number of nitrogens with zero attached hydrogens (tertiary/aromatic N) is 1. The molecule has 0 aliphatic carbocycles. The van der Waals surface area contributed by atoms with Crippen LogP contribution in [0.3, 0.4) is 0 Å². The number of nitrogens with one attached hydrogen (secondary N) is 1. The molecule has 0 fully saturated rings. The summed E-state index contributed by atoms with van der Waals surface area (Å²) >= 11 is 0. The number of carbonyl (C=O) groups excluding carboxylic acids is 1. The van der Waals surface area contributed by atoms with Gasteiger partial charge in [0.25, 0.3) is 0 Å². The first-order chi connectivity index (χ1) is 9.92. The molecular formula is C16H32N2O3. The Bertz CT molecular complexity index is 306. The average Bonchev–Trinajstić information content (AvgIpc) is 2.40. The first-order valence-electron chi connectivity index (χ1n) is 8.21. The van der Waals surface area contributed by atoms with E-state index >= 15 is 0 Å². The van der Waals surface area contributed by atoms with Crippen LogP contribution in [0.5, 0.6) is 0 Å². The van der Waals surface area contributed by atoms with Crippen LogP contribution in [0.2, 0.25) is 0 Å². The van der Waals surface area contributed by atoms with Gasteiger partial charge in [0.1, 0.15) is 0 Å². The highest BCUT2D eigenvalue weighted by Gasteiger charge is 2.19. The number of carboxylic acids is 1. The molecule has 0 spiro atoms. The second kappa shape index (κ2) is 11.4. The Balaban J connectivity index is 4.44. The molecule has 1 unspecified atom stereocenters. The van der Waals surface area contributed by atoms with Crippen molar-refractivity contribution in [1.29, 1.82) is 0 Å². The number of carboxylic acid groups (broad SMARTS) is 1. The zero-order valence-corrected chi connectivity index (χ0v) is 14.0. The number of amides is 2. The fraction of sp³-hybridized carbons (Fsp3) is 0.875. The Labute approximate surface area is 129 Å². The number of hydrogen-bond donors (Lipinski definition) is 2. The molecule has 0 heterocycles. The van der Waals surface area contributed by atoms with Crippen molar-refractivity contribution in [3.63, 3.8) is 0 Å². The summed E-state index contributed by atoms with van der Waals surface area (Å²) in [7, 11) is 0. The number of unbranched alkanes of at least 4 members (excludes halogenated alkanes) is 1. The van der Waals surface area contributed by atoms with Crippen molar-refractivity contribution in [3.05, 3.63) is 0 Å². The number of urea groups is 1. The van der Waals surface area contributed by atoms with Crippen LogP contribution in [-0.2, 0) is 4.79 Å². The average molecular weight is 300 g/mol. The van der Waals surface area contributed by atoms with Crippen molar-refractivity contribution in [2.45, 2.75) is 84.7 Å². The SMILES string of the molecule is CCCCC(CCC)NC(=O)N(CCCC(=O)O)C(C)C. The van der Waals surface area contributed by atoms with E-state index in [4.69, 9.17) is 5.11 Å². The molecule has 0 aromatic heterocycles. The monoisotopic (exact) mass is 300 g/mol. The van der Waals surface area contributed by atoms with Crippen molar-refractivity contribution in [2.75, 3.05) is 6.54 Å². The summed E-state index contributed by atoms with van der Waals surface area (Å²) in [5.74, 6) is -0.814. The highest BCUT2D eigenvalue weighted by Crippen LogP contribution is 2.09. The standard InChI is InChI=1S/C16H32N2O3/c1-5-7-10-14(9-6-2)17-16(21)18(13(3)4)12-8-11-15(19)20/h13-14H,5-12H2,1-4H3,(H,17,21)(H,19,20). The van der Waals surface area contributed by atoms with E-state index in [-0.39, 0.29) is 24.5 Å². The summed E-state index contributed by atoms with van der Waals surface area (Å²) in [6.07, 6.45) is 5.90. The van der Waals surface area contributed by atoms with Crippen molar-refractivity contribution >= 4 is 12.0 Å². The molecule has 0 aromatic carbocycles. The molecule has 21 heavy (non-hydrogen) atoms. The van der Waals surface area contributed by atoms with Gasteiger partial charge in [0.05, 0.1) is 0 Å². The van der Waals surface area contributed by atoms with E-state index < -0.39 is 5.97 Å². The van der Waals surface area contributed by atoms with Gasteiger partial charge >= 0.3 is 12.0 Å². The molecule has 0 bridgehead atoms. The lowest BCUT2D eigenvalue weighted by molar-refractivity contribution is -0.137. The fourth-order valence-electron chi connectivity index (χ4n) is 2.34. The van der Waals surface area contributed by atoms with Gasteiger partial charge in [-0.05, 0) is 33.1 Å². The van der Waals surface area contributed by atoms with E-state index in [0.717, 1.165) is 32.1 Å². The van der Waals surface area contributed by atoms with E-state index in [0.29, 0.717) is 13.0 Å². The van der Waals surface area contributed by atoms with Crippen LogP contribution in [0.1, 0.15) is 72.6 Å². The maximum atomic E-state index is 12.4. The van der Waals surface area contributed by atoms with Gasteiger partial charge in [0.2, 0.25) is 0 Å². The second-order valence-corrected chi connectivity index (χ2v) is 5.86. The minimum Gasteiger partial charge on any atom is -0.481 e. The Kier molecular flexibility index (Phi) is 10.7. The molecule has 2 N–H and O–H groups in total. The predicted molar refractivity (Wildman–Crippen MR) is 85.5 cm³/mol. The first kappa shape index (κ1) is 19.7. The fourth-order valence-corrected chi connectivity index (χ4v) is 2.34. The van der Waals surface area contributed by atoms with Crippen molar-refractivity contribution in [1.82, 2.24) is 10.2 Å². The van der Waals surface area contributed by atoms with Crippen molar-refractivity contribution in [3.8, 4) is 0 Å². The third-order valence-corrected chi connectivity index (χ3v) is 3.54. The van der Waals surface area contributed by atoms with E-state index in [9.17, 15) is 9.59 Å². The van der Waals surface area contributed by atoms with Gasteiger partial charge in [0.15, 0.2) is 0 Å². The van der Waals surface area contributed by atoms with Gasteiger partial charge in [-0.3, -0.25) is 4.79 Å². The summed E-state index contributed by atoms with van der Waals surface area (Å²) in [6.45, 7) is 8.68. The summed E-state index contributed by atoms with van der Waals surface area (Å²) < 4.78 is 0. The molecular weight excluding hydrogens is 268 g/mol. The molecule has 0 saturated carbocycles. The lowest BCUT2D eigenvalue weighted by Gasteiger charge is -2.29. The summed E-state index contributed by atoms with van der Waals surface area (Å²) in [6, 6.07) is 0.236. The number of carbonyl (C=O) groups is 2. The van der Waals surface area contributed by atoms with E-state index in [1.807, 2.05) is 13.8 Å². The third kappa shape index (κ3) is 9.32. The molecule has 5 nitrogen and oxygen atoms in total. The Morgan fingerprint density at radius 1 is 1.10 bits per heavy atom. The van der Waals surface area contributed by atoms with Crippen LogP contribution in [0.15, 0.2) is 0 Å². The number of aliphatic carboxylic acids is 1. The van der Waals surface area contributed by atoms with Gasteiger partial charge in [-0.2, -0.15) is 0 Å². The molecule has 0 aliphatic rings. The Hall–Kier alpha value is -1.26. The van der Waals surface area contributed by atoms with E-state index in [1.165, 1.54) is 0 Å². The minimum atomic E-state index is -0.814. The zero-order chi connectivity index (χ0) is 16.3. The smallest absolute Gasteiger partial charge is 0.317 e. The zero-order valence-electron chi connectivity index (χ0n) is 14.0. The Morgan fingerprint density at radius 2 is 1.76 bits per heavy atom. The number of rotatable bonds is 11. The van der Waals surface area contributed by atoms with Gasteiger partial charge in [-0.15, -0.1) is 0 Å². The quantitative estimate of drug-likeness (QED) is 0.612. The minimum absolute atomic E-state index is 0.0649. The lowest BCUT2D eigenvalue weighted by atomic mass is 10.1. The van der Waals surface area contributed by atoms with Crippen LogP contribution in [0, 0.1) is 0 Å². The summed E-state index contributed by atoms with van der Waals surface area (Å²) in [5.41, 5.74) is 0. The van der Waals surface area contributed by atoms with Gasteiger partial charge in [-0.1, -0.05) is 33.1 Å². The van der Waals surface area contributed by atoms with Gasteiger partial charge < -0.3 is 15.3 Å². The normalized spacial score (nSPS) is 12.2. The third-order valence-electron chi connectivity index (χ3n) is 3.54. The molecule has 1 atom stereocenters. The molecule has 5 heteroatoms. The second-order valence-electron chi connectivity index (χ2n) is 5.86.